The Balaban J connectivity index is 2.62. The summed E-state index contributed by atoms with van der Waals surface area (Å²) >= 11 is 0. The Labute approximate surface area is 146 Å². The van der Waals surface area contributed by atoms with Gasteiger partial charge >= 0.3 is 11.9 Å². The first-order valence-electron chi connectivity index (χ1n) is 7.69. The van der Waals surface area contributed by atoms with Crippen LogP contribution in [0.2, 0.25) is 0 Å². The van der Waals surface area contributed by atoms with Gasteiger partial charge in [0, 0.05) is 6.07 Å². The minimum absolute atomic E-state index is 0.0969. The summed E-state index contributed by atoms with van der Waals surface area (Å²) in [5.41, 5.74) is -0.0969. The van der Waals surface area contributed by atoms with Gasteiger partial charge in [-0.15, -0.1) is 0 Å². The van der Waals surface area contributed by atoms with Crippen LogP contribution >= 0.6 is 0 Å². The summed E-state index contributed by atoms with van der Waals surface area (Å²) in [6.45, 7) is 3.21. The molecular formula is C17H23NO7. The van der Waals surface area contributed by atoms with Crippen LogP contribution < -0.4 is 10.1 Å². The zero-order chi connectivity index (χ0) is 19.0. The highest BCUT2D eigenvalue weighted by Crippen LogP contribution is 2.23. The molecule has 0 saturated heterocycles. The molecule has 1 atom stereocenters. The van der Waals surface area contributed by atoms with Gasteiger partial charge in [-0.1, -0.05) is 13.8 Å². The standard InChI is InChI=1S/C17H23NO7/c1-10(2)7-13(17(22)24-4)18-15(20)9-25-16(21)12-6-5-11(23-3)8-14(12)19/h5-6,8,10,13,19H,7,9H2,1-4H3,(H,18,20)/t13-/m1/s1. The molecule has 0 aromatic heterocycles. The second-order valence-corrected chi connectivity index (χ2v) is 5.73. The van der Waals surface area contributed by atoms with Crippen molar-refractivity contribution in [1.82, 2.24) is 5.32 Å². The van der Waals surface area contributed by atoms with Gasteiger partial charge in [-0.25, -0.2) is 9.59 Å². The summed E-state index contributed by atoms with van der Waals surface area (Å²) < 4.78 is 14.4. The van der Waals surface area contributed by atoms with Crippen molar-refractivity contribution in [3.8, 4) is 11.5 Å². The van der Waals surface area contributed by atoms with Gasteiger partial charge in [0.1, 0.15) is 23.1 Å². The Morgan fingerprint density at radius 1 is 1.20 bits per heavy atom. The molecular weight excluding hydrogens is 330 g/mol. The van der Waals surface area contributed by atoms with E-state index in [1.54, 1.807) is 0 Å². The van der Waals surface area contributed by atoms with E-state index in [4.69, 9.17) is 9.47 Å². The highest BCUT2D eigenvalue weighted by atomic mass is 16.5. The molecule has 1 aromatic rings. The number of esters is 2. The summed E-state index contributed by atoms with van der Waals surface area (Å²) in [7, 11) is 2.65. The number of nitrogens with one attached hydrogen (secondary N) is 1. The van der Waals surface area contributed by atoms with Crippen molar-refractivity contribution < 1.29 is 33.7 Å². The molecule has 138 valence electrons. The fraction of sp³-hybridized carbons (Fsp3) is 0.471. The van der Waals surface area contributed by atoms with E-state index in [2.05, 4.69) is 10.1 Å². The van der Waals surface area contributed by atoms with Crippen LogP contribution in [0.1, 0.15) is 30.6 Å². The van der Waals surface area contributed by atoms with Gasteiger partial charge in [-0.2, -0.15) is 0 Å². The number of carbonyl (C=O) groups is 3. The summed E-state index contributed by atoms with van der Waals surface area (Å²) in [5.74, 6) is -1.87. The molecule has 0 radical (unpaired) electrons. The maximum absolute atomic E-state index is 11.9. The first-order chi connectivity index (χ1) is 11.8. The number of phenols is 1. The van der Waals surface area contributed by atoms with Crippen LogP contribution in [-0.2, 0) is 19.1 Å². The maximum atomic E-state index is 11.9. The minimum Gasteiger partial charge on any atom is -0.507 e. The number of ether oxygens (including phenoxy) is 3. The molecule has 8 heteroatoms. The van der Waals surface area contributed by atoms with Crippen LogP contribution in [0.25, 0.3) is 0 Å². The molecule has 0 unspecified atom stereocenters. The summed E-state index contributed by atoms with van der Waals surface area (Å²) in [6, 6.07) is 3.24. The van der Waals surface area contributed by atoms with Gasteiger partial charge in [0.25, 0.3) is 5.91 Å². The third-order valence-electron chi connectivity index (χ3n) is 3.29. The van der Waals surface area contributed by atoms with E-state index in [1.807, 2.05) is 13.8 Å². The first kappa shape index (κ1) is 20.3. The van der Waals surface area contributed by atoms with Gasteiger partial charge in [-0.05, 0) is 24.5 Å². The second kappa shape index (κ2) is 9.51. The third-order valence-corrected chi connectivity index (χ3v) is 3.29. The van der Waals surface area contributed by atoms with Crippen molar-refractivity contribution >= 4 is 17.8 Å². The fourth-order valence-corrected chi connectivity index (χ4v) is 2.08. The SMILES string of the molecule is COC(=O)[C@@H](CC(C)C)NC(=O)COC(=O)c1ccc(OC)cc1O. The monoisotopic (exact) mass is 353 g/mol. The lowest BCUT2D eigenvalue weighted by atomic mass is 10.0. The lowest BCUT2D eigenvalue weighted by Gasteiger charge is -2.18. The summed E-state index contributed by atoms with van der Waals surface area (Å²) in [4.78, 5) is 35.5. The number of amides is 1. The molecule has 1 amide bonds. The number of hydrogen-bond acceptors (Lipinski definition) is 7. The van der Waals surface area contributed by atoms with E-state index in [1.165, 1.54) is 32.4 Å². The fourth-order valence-electron chi connectivity index (χ4n) is 2.08. The van der Waals surface area contributed by atoms with E-state index in [0.717, 1.165) is 0 Å². The van der Waals surface area contributed by atoms with Crippen LogP contribution in [0.3, 0.4) is 0 Å². The molecule has 0 aliphatic carbocycles. The molecule has 25 heavy (non-hydrogen) atoms. The lowest BCUT2D eigenvalue weighted by molar-refractivity contribution is -0.145. The first-order valence-corrected chi connectivity index (χ1v) is 7.69. The molecule has 0 bridgehead atoms. The molecule has 0 aliphatic heterocycles. The van der Waals surface area contributed by atoms with Gasteiger partial charge in [0.15, 0.2) is 6.61 Å². The Hall–Kier alpha value is -2.77. The lowest BCUT2D eigenvalue weighted by Crippen LogP contribution is -2.44. The number of carbonyl (C=O) groups excluding carboxylic acids is 3. The van der Waals surface area contributed by atoms with E-state index in [9.17, 15) is 19.5 Å². The van der Waals surface area contributed by atoms with Crippen molar-refractivity contribution in [2.24, 2.45) is 5.92 Å². The average Bonchev–Trinajstić information content (AvgIpc) is 2.57. The zero-order valence-electron chi connectivity index (χ0n) is 14.7. The molecule has 0 saturated carbocycles. The second-order valence-electron chi connectivity index (χ2n) is 5.73. The van der Waals surface area contributed by atoms with Crippen molar-refractivity contribution in [2.45, 2.75) is 26.3 Å². The number of phenolic OH excluding ortho intramolecular Hbond substituents is 1. The molecule has 1 aromatic carbocycles. The quantitative estimate of drug-likeness (QED) is 0.677. The maximum Gasteiger partial charge on any atom is 0.342 e. The predicted octanol–water partition coefficient (Wildman–Crippen LogP) is 1.26. The zero-order valence-corrected chi connectivity index (χ0v) is 14.7. The molecule has 2 N–H and O–H groups in total. The number of methoxy groups -OCH3 is 2. The van der Waals surface area contributed by atoms with E-state index in [-0.39, 0.29) is 17.2 Å². The Morgan fingerprint density at radius 2 is 1.88 bits per heavy atom. The minimum atomic E-state index is -0.867. The van der Waals surface area contributed by atoms with Crippen LogP contribution in [0, 0.1) is 5.92 Å². The molecule has 0 fully saturated rings. The van der Waals surface area contributed by atoms with E-state index >= 15 is 0 Å². The normalized spacial score (nSPS) is 11.6. The summed E-state index contributed by atoms with van der Waals surface area (Å²) in [5, 5.41) is 12.2. The number of hydrogen-bond donors (Lipinski definition) is 2. The molecule has 1 rings (SSSR count). The number of rotatable bonds is 8. The van der Waals surface area contributed by atoms with Crippen LogP contribution in [0.5, 0.6) is 11.5 Å². The molecule has 0 spiro atoms. The van der Waals surface area contributed by atoms with Gasteiger partial charge in [0.05, 0.1) is 14.2 Å². The smallest absolute Gasteiger partial charge is 0.342 e. The topological polar surface area (TPSA) is 111 Å². The van der Waals surface area contributed by atoms with Crippen molar-refractivity contribution in [2.75, 3.05) is 20.8 Å². The average molecular weight is 353 g/mol. The predicted molar refractivity (Wildman–Crippen MR) is 88.3 cm³/mol. The Bertz CT molecular complexity index is 627. The number of benzene rings is 1. The van der Waals surface area contributed by atoms with Crippen LogP contribution in [0.4, 0.5) is 0 Å². The van der Waals surface area contributed by atoms with Gasteiger partial charge in [0.2, 0.25) is 0 Å². The molecule has 0 heterocycles. The Kier molecular flexibility index (Phi) is 7.71. The van der Waals surface area contributed by atoms with Gasteiger partial charge < -0.3 is 24.6 Å². The molecule has 0 aliphatic rings. The van der Waals surface area contributed by atoms with Crippen LogP contribution in [-0.4, -0.2) is 49.8 Å². The third kappa shape index (κ3) is 6.33. The van der Waals surface area contributed by atoms with E-state index < -0.39 is 30.5 Å². The van der Waals surface area contributed by atoms with Crippen molar-refractivity contribution in [3.05, 3.63) is 23.8 Å². The summed E-state index contributed by atoms with van der Waals surface area (Å²) in [6.07, 6.45) is 0.394. The number of aromatic hydroxyl groups is 1. The van der Waals surface area contributed by atoms with Crippen molar-refractivity contribution in [3.63, 3.8) is 0 Å². The molecule has 8 nitrogen and oxygen atoms in total. The van der Waals surface area contributed by atoms with Crippen LogP contribution in [0.15, 0.2) is 18.2 Å². The van der Waals surface area contributed by atoms with Crippen molar-refractivity contribution in [1.29, 1.82) is 0 Å². The highest BCUT2D eigenvalue weighted by Gasteiger charge is 2.23. The largest absolute Gasteiger partial charge is 0.507 e. The Morgan fingerprint density at radius 3 is 2.40 bits per heavy atom. The van der Waals surface area contributed by atoms with Gasteiger partial charge in [-0.3, -0.25) is 4.79 Å². The van der Waals surface area contributed by atoms with E-state index in [0.29, 0.717) is 12.2 Å². The highest BCUT2D eigenvalue weighted by molar-refractivity contribution is 5.94.